The first-order valence-electron chi connectivity index (χ1n) is 4.24. The molecule has 3 heteroatoms. The zero-order valence-electron chi connectivity index (χ0n) is 7.04. The van der Waals surface area contributed by atoms with Crippen LogP contribution in [-0.2, 0) is 0 Å². The molecule has 0 radical (unpaired) electrons. The van der Waals surface area contributed by atoms with Crippen molar-refractivity contribution < 1.29 is 4.68 Å². The highest BCUT2D eigenvalue weighted by atomic mass is 15.4. The molecule has 1 aliphatic rings. The van der Waals surface area contributed by atoms with Crippen molar-refractivity contribution in [2.24, 2.45) is 0 Å². The molecule has 1 aromatic heterocycles. The maximum atomic E-state index is 4.04. The number of nitrogens with zero attached hydrogens (tertiary/aromatic N) is 2. The van der Waals surface area contributed by atoms with E-state index < -0.39 is 0 Å². The first kappa shape index (κ1) is 6.83. The summed E-state index contributed by atoms with van der Waals surface area (Å²) in [6.07, 6.45) is 4.56. The van der Waals surface area contributed by atoms with Crippen LogP contribution in [0.2, 0.25) is 0 Å². The van der Waals surface area contributed by atoms with Crippen molar-refractivity contribution in [2.75, 3.05) is 0 Å². The fraction of sp³-hybridized carbons (Fsp3) is 0.750. The van der Waals surface area contributed by atoms with Crippen LogP contribution in [0.25, 0.3) is 0 Å². The third kappa shape index (κ3) is 1.15. The van der Waals surface area contributed by atoms with Crippen molar-refractivity contribution >= 4 is 0 Å². The summed E-state index contributed by atoms with van der Waals surface area (Å²) in [6.45, 7) is 4.40. The molecule has 11 heavy (non-hydrogen) atoms. The standard InChI is InChI=1S/C8H13N3/c1-6(2)8-5-9-10-11(8)7-3-4-7/h5-7H,3-4H2,1-2H3/p+1. The number of hydrogen-bond acceptors (Lipinski definition) is 1. The highest BCUT2D eigenvalue weighted by Crippen LogP contribution is 2.29. The lowest BCUT2D eigenvalue weighted by molar-refractivity contribution is -0.764. The predicted molar refractivity (Wildman–Crippen MR) is 41.1 cm³/mol. The minimum Gasteiger partial charge on any atom is -0.157 e. The number of nitrogens with one attached hydrogen (secondary N) is 1. The van der Waals surface area contributed by atoms with Crippen molar-refractivity contribution in [1.82, 2.24) is 10.3 Å². The second kappa shape index (κ2) is 2.32. The van der Waals surface area contributed by atoms with Crippen molar-refractivity contribution in [3.63, 3.8) is 0 Å². The number of rotatable bonds is 2. The largest absolute Gasteiger partial charge is 0.209 e. The van der Waals surface area contributed by atoms with E-state index in [1.165, 1.54) is 18.5 Å². The van der Waals surface area contributed by atoms with E-state index >= 15 is 0 Å². The number of aromatic amines is 1. The van der Waals surface area contributed by atoms with Gasteiger partial charge in [0.05, 0.1) is 0 Å². The van der Waals surface area contributed by atoms with Gasteiger partial charge in [-0.1, -0.05) is 19.1 Å². The fourth-order valence-corrected chi connectivity index (χ4v) is 1.33. The topological polar surface area (TPSA) is 32.6 Å². The average Bonchev–Trinajstić information content (AvgIpc) is 2.68. The molecule has 1 N–H and O–H groups in total. The summed E-state index contributed by atoms with van der Waals surface area (Å²) in [6, 6.07) is 0.717. The van der Waals surface area contributed by atoms with Gasteiger partial charge in [0.25, 0.3) is 0 Å². The van der Waals surface area contributed by atoms with Gasteiger partial charge in [-0.2, -0.15) is 4.68 Å². The van der Waals surface area contributed by atoms with E-state index in [9.17, 15) is 0 Å². The Kier molecular flexibility index (Phi) is 1.44. The van der Waals surface area contributed by atoms with Gasteiger partial charge in [0.2, 0.25) is 6.20 Å². The number of H-pyrrole nitrogens is 1. The molecule has 1 fully saturated rings. The summed E-state index contributed by atoms with van der Waals surface area (Å²) >= 11 is 0. The van der Waals surface area contributed by atoms with Gasteiger partial charge in [0, 0.05) is 11.0 Å². The quantitative estimate of drug-likeness (QED) is 0.634. The van der Waals surface area contributed by atoms with E-state index in [4.69, 9.17) is 0 Å². The fourth-order valence-electron chi connectivity index (χ4n) is 1.33. The van der Waals surface area contributed by atoms with Crippen LogP contribution in [-0.4, -0.2) is 10.3 Å². The zero-order valence-corrected chi connectivity index (χ0v) is 7.04. The molecule has 0 spiro atoms. The Morgan fingerprint density at radius 2 is 2.36 bits per heavy atom. The van der Waals surface area contributed by atoms with Crippen LogP contribution >= 0.6 is 0 Å². The number of hydrogen-bond donors (Lipinski definition) is 1. The second-order valence-electron chi connectivity index (χ2n) is 3.54. The molecule has 0 aromatic carbocycles. The summed E-state index contributed by atoms with van der Waals surface area (Å²) in [5.41, 5.74) is 1.33. The normalized spacial score (nSPS) is 17.7. The maximum absolute atomic E-state index is 4.04. The second-order valence-corrected chi connectivity index (χ2v) is 3.54. The van der Waals surface area contributed by atoms with Crippen LogP contribution in [0.5, 0.6) is 0 Å². The third-order valence-electron chi connectivity index (χ3n) is 2.14. The van der Waals surface area contributed by atoms with Crippen LogP contribution in [0.4, 0.5) is 0 Å². The van der Waals surface area contributed by atoms with E-state index in [1.807, 2.05) is 6.20 Å². The molecule has 2 rings (SSSR count). The van der Waals surface area contributed by atoms with E-state index in [0.29, 0.717) is 5.92 Å². The van der Waals surface area contributed by atoms with Gasteiger partial charge >= 0.3 is 0 Å². The lowest BCUT2D eigenvalue weighted by Crippen LogP contribution is -2.38. The molecular formula is C8H14N3+. The van der Waals surface area contributed by atoms with Gasteiger partial charge in [0.15, 0.2) is 5.69 Å². The minimum absolute atomic E-state index is 0.578. The first-order chi connectivity index (χ1) is 5.29. The lowest BCUT2D eigenvalue weighted by atomic mass is 10.1. The average molecular weight is 152 g/mol. The van der Waals surface area contributed by atoms with Gasteiger partial charge in [-0.25, -0.2) is 0 Å². The minimum atomic E-state index is 0.578. The summed E-state index contributed by atoms with van der Waals surface area (Å²) < 4.78 is 2.20. The predicted octanol–water partition coefficient (Wildman–Crippen LogP) is 1.16. The third-order valence-corrected chi connectivity index (χ3v) is 2.14. The number of aromatic nitrogens is 3. The molecule has 1 aromatic rings. The van der Waals surface area contributed by atoms with Gasteiger partial charge < -0.3 is 0 Å². The van der Waals surface area contributed by atoms with Crippen LogP contribution in [0.1, 0.15) is 44.3 Å². The summed E-state index contributed by atoms with van der Waals surface area (Å²) in [4.78, 5) is 0. The Morgan fingerprint density at radius 1 is 1.64 bits per heavy atom. The van der Waals surface area contributed by atoms with Gasteiger partial charge in [-0.15, -0.1) is 0 Å². The van der Waals surface area contributed by atoms with E-state index in [2.05, 4.69) is 28.8 Å². The van der Waals surface area contributed by atoms with Gasteiger partial charge in [-0.05, 0) is 12.8 Å². The molecule has 0 atom stereocenters. The Balaban J connectivity index is 2.30. The smallest absolute Gasteiger partial charge is 0.157 e. The molecule has 0 unspecified atom stereocenters. The molecule has 1 saturated carbocycles. The van der Waals surface area contributed by atoms with Crippen molar-refractivity contribution in [1.29, 1.82) is 0 Å². The van der Waals surface area contributed by atoms with Crippen LogP contribution in [0.3, 0.4) is 0 Å². The van der Waals surface area contributed by atoms with Crippen molar-refractivity contribution in [2.45, 2.75) is 38.6 Å². The van der Waals surface area contributed by atoms with E-state index in [-0.39, 0.29) is 0 Å². The zero-order chi connectivity index (χ0) is 7.84. The molecule has 0 amide bonds. The molecule has 1 heterocycles. The first-order valence-corrected chi connectivity index (χ1v) is 4.24. The highest BCUT2D eigenvalue weighted by molar-refractivity contribution is 4.91. The Labute approximate surface area is 66.4 Å². The molecule has 0 saturated heterocycles. The highest BCUT2D eigenvalue weighted by Gasteiger charge is 2.32. The summed E-state index contributed by atoms with van der Waals surface area (Å²) in [5, 5.41) is 7.06. The maximum Gasteiger partial charge on any atom is 0.209 e. The molecule has 1 aliphatic carbocycles. The molecule has 0 aliphatic heterocycles. The van der Waals surface area contributed by atoms with Gasteiger partial charge in [0.1, 0.15) is 6.04 Å². The summed E-state index contributed by atoms with van der Waals surface area (Å²) in [5.74, 6) is 0.578. The Bertz CT molecular complexity index is 231. The molecule has 60 valence electrons. The van der Waals surface area contributed by atoms with E-state index in [0.717, 1.165) is 6.04 Å². The van der Waals surface area contributed by atoms with Crippen LogP contribution < -0.4 is 4.68 Å². The van der Waals surface area contributed by atoms with Crippen LogP contribution in [0.15, 0.2) is 6.20 Å². The molecule has 3 nitrogen and oxygen atoms in total. The van der Waals surface area contributed by atoms with Crippen molar-refractivity contribution in [3.05, 3.63) is 11.9 Å². The Morgan fingerprint density at radius 3 is 2.91 bits per heavy atom. The lowest BCUT2D eigenvalue weighted by Gasteiger charge is -1.99. The molecule has 0 bridgehead atoms. The monoisotopic (exact) mass is 152 g/mol. The SMILES string of the molecule is CC(C)c1cn[nH][n+]1C1CC1. The van der Waals surface area contributed by atoms with Crippen LogP contribution in [0, 0.1) is 0 Å². The molecular weight excluding hydrogens is 138 g/mol. The van der Waals surface area contributed by atoms with Crippen molar-refractivity contribution in [3.8, 4) is 0 Å². The van der Waals surface area contributed by atoms with Gasteiger partial charge in [-0.3, -0.25) is 0 Å². The Hall–Kier alpha value is -0.860. The summed E-state index contributed by atoms with van der Waals surface area (Å²) in [7, 11) is 0. The van der Waals surface area contributed by atoms with E-state index in [1.54, 1.807) is 0 Å².